The second-order valence-electron chi connectivity index (χ2n) is 5.57. The Balaban J connectivity index is 2.13. The van der Waals surface area contributed by atoms with Gasteiger partial charge in [0.2, 0.25) is 0 Å². The van der Waals surface area contributed by atoms with E-state index >= 15 is 0 Å². The maximum Gasteiger partial charge on any atom is 0.345 e. The summed E-state index contributed by atoms with van der Waals surface area (Å²) >= 11 is 5.85. The van der Waals surface area contributed by atoms with Crippen molar-refractivity contribution in [3.63, 3.8) is 0 Å². The third kappa shape index (κ3) is 4.89. The molecule has 1 N–H and O–H groups in total. The van der Waals surface area contributed by atoms with Crippen LogP contribution in [-0.2, 0) is 9.53 Å². The highest BCUT2D eigenvalue weighted by Crippen LogP contribution is 2.34. The highest BCUT2D eigenvalue weighted by atomic mass is 35.5. The number of hydrogen-bond acceptors (Lipinski definition) is 7. The van der Waals surface area contributed by atoms with Gasteiger partial charge >= 0.3 is 5.97 Å². The highest BCUT2D eigenvalue weighted by molar-refractivity contribution is 6.30. The summed E-state index contributed by atoms with van der Waals surface area (Å²) in [5.74, 6) is -1.46. The molecule has 0 saturated heterocycles. The number of nitrogens with zero attached hydrogens (tertiary/aromatic N) is 1. The normalized spacial score (nSPS) is 10.1. The minimum absolute atomic E-state index is 0.0849. The Bertz CT molecular complexity index is 930. The average molecular weight is 409 g/mol. The van der Waals surface area contributed by atoms with Crippen molar-refractivity contribution in [2.24, 2.45) is 0 Å². The van der Waals surface area contributed by atoms with Crippen molar-refractivity contribution in [1.29, 1.82) is 0 Å². The lowest BCUT2D eigenvalue weighted by atomic mass is 10.1. The molecule has 0 heterocycles. The lowest BCUT2D eigenvalue weighted by Gasteiger charge is -2.11. The number of aryl methyl sites for hydroxylation is 1. The molecule has 0 aliphatic carbocycles. The zero-order valence-electron chi connectivity index (χ0n) is 15.3. The van der Waals surface area contributed by atoms with Gasteiger partial charge in [-0.1, -0.05) is 11.6 Å². The predicted octanol–water partition coefficient (Wildman–Crippen LogP) is 3.37. The Kier molecular flexibility index (Phi) is 6.78. The van der Waals surface area contributed by atoms with Crippen LogP contribution in [0.25, 0.3) is 0 Å². The topological polar surface area (TPSA) is 117 Å². The zero-order chi connectivity index (χ0) is 20.8. The van der Waals surface area contributed by atoms with E-state index in [1.54, 1.807) is 25.1 Å². The summed E-state index contributed by atoms with van der Waals surface area (Å²) in [6.45, 7) is 1.12. The number of nitro groups is 1. The van der Waals surface area contributed by atoms with Crippen molar-refractivity contribution < 1.29 is 28.7 Å². The van der Waals surface area contributed by atoms with Gasteiger partial charge in [-0.15, -0.1) is 0 Å². The molecule has 0 bridgehead atoms. The number of carbonyl (C=O) groups is 2. The van der Waals surface area contributed by atoms with Crippen LogP contribution in [0.3, 0.4) is 0 Å². The van der Waals surface area contributed by atoms with Crippen molar-refractivity contribution in [3.8, 4) is 11.5 Å². The summed E-state index contributed by atoms with van der Waals surface area (Å²) in [7, 11) is 2.63. The van der Waals surface area contributed by atoms with Crippen LogP contribution in [0.15, 0.2) is 30.3 Å². The van der Waals surface area contributed by atoms with Gasteiger partial charge in [-0.05, 0) is 30.7 Å². The van der Waals surface area contributed by atoms with Gasteiger partial charge in [0, 0.05) is 16.8 Å². The molecule has 10 heteroatoms. The van der Waals surface area contributed by atoms with E-state index in [-0.39, 0.29) is 17.1 Å². The molecule has 0 spiro atoms. The first-order valence-electron chi connectivity index (χ1n) is 7.90. The van der Waals surface area contributed by atoms with E-state index in [0.29, 0.717) is 10.7 Å². The minimum atomic E-state index is -1.05. The Morgan fingerprint density at radius 1 is 1.14 bits per heavy atom. The fraction of sp³-hybridized carbons (Fsp3) is 0.222. The molecule has 148 valence electrons. The van der Waals surface area contributed by atoms with Gasteiger partial charge < -0.3 is 19.5 Å². The fourth-order valence-electron chi connectivity index (χ4n) is 2.35. The molecule has 28 heavy (non-hydrogen) atoms. The number of esters is 1. The molecule has 1 amide bonds. The quantitative estimate of drug-likeness (QED) is 0.424. The first kappa shape index (κ1) is 21.0. The summed E-state index contributed by atoms with van der Waals surface area (Å²) in [5.41, 5.74) is 0.333. The van der Waals surface area contributed by atoms with Gasteiger partial charge in [0.25, 0.3) is 11.6 Å². The van der Waals surface area contributed by atoms with Crippen molar-refractivity contribution in [1.82, 2.24) is 0 Å². The maximum absolute atomic E-state index is 12.3. The summed E-state index contributed by atoms with van der Waals surface area (Å²) < 4.78 is 14.9. The molecule has 2 aromatic rings. The van der Waals surface area contributed by atoms with Gasteiger partial charge in [0.05, 0.1) is 25.2 Å². The highest BCUT2D eigenvalue weighted by Gasteiger charge is 2.26. The Morgan fingerprint density at radius 2 is 1.79 bits per heavy atom. The van der Waals surface area contributed by atoms with Crippen LogP contribution in [0.2, 0.25) is 5.02 Å². The monoisotopic (exact) mass is 408 g/mol. The van der Waals surface area contributed by atoms with E-state index in [9.17, 15) is 19.7 Å². The van der Waals surface area contributed by atoms with Gasteiger partial charge in [-0.3, -0.25) is 14.9 Å². The van der Waals surface area contributed by atoms with E-state index in [2.05, 4.69) is 5.32 Å². The molecule has 0 fully saturated rings. The number of rotatable bonds is 7. The largest absolute Gasteiger partial charge is 0.493 e. The average Bonchev–Trinajstić information content (AvgIpc) is 2.67. The Hall–Kier alpha value is -3.33. The van der Waals surface area contributed by atoms with Crippen molar-refractivity contribution in [2.75, 3.05) is 26.1 Å². The van der Waals surface area contributed by atoms with Crippen LogP contribution < -0.4 is 14.8 Å². The number of halogens is 1. The summed E-state index contributed by atoms with van der Waals surface area (Å²) in [6, 6.07) is 7.04. The molecule has 0 aliphatic heterocycles. The van der Waals surface area contributed by atoms with E-state index < -0.39 is 29.1 Å². The summed E-state index contributed by atoms with van der Waals surface area (Å²) in [4.78, 5) is 34.8. The first-order chi connectivity index (χ1) is 13.3. The van der Waals surface area contributed by atoms with Crippen molar-refractivity contribution in [3.05, 3.63) is 56.6 Å². The van der Waals surface area contributed by atoms with Gasteiger partial charge in [-0.25, -0.2) is 4.79 Å². The van der Waals surface area contributed by atoms with Crippen LogP contribution in [-0.4, -0.2) is 37.6 Å². The molecule has 9 nitrogen and oxygen atoms in total. The van der Waals surface area contributed by atoms with E-state index in [1.165, 1.54) is 14.2 Å². The molecule has 0 atom stereocenters. The fourth-order valence-corrected chi connectivity index (χ4v) is 2.57. The lowest BCUT2D eigenvalue weighted by molar-refractivity contribution is -0.385. The Labute approximate surface area is 165 Å². The number of anilines is 1. The van der Waals surface area contributed by atoms with Crippen molar-refractivity contribution in [2.45, 2.75) is 6.92 Å². The number of carbonyl (C=O) groups excluding carboxylic acids is 2. The van der Waals surface area contributed by atoms with E-state index in [1.807, 2.05) is 0 Å². The second-order valence-corrected chi connectivity index (χ2v) is 6.00. The maximum atomic E-state index is 12.3. The molecule has 0 unspecified atom stereocenters. The number of benzene rings is 2. The third-order valence-corrected chi connectivity index (χ3v) is 3.95. The standard InChI is InChI=1S/C18H17ClN2O7/c1-10-6-11(19)4-5-13(10)20-17(22)9-28-18(23)12-7-15(26-2)16(27-3)8-14(12)21(24)25/h4-8H,9H2,1-3H3,(H,20,22). The molecular weight excluding hydrogens is 392 g/mol. The van der Waals surface area contributed by atoms with Crippen LogP contribution in [0.4, 0.5) is 11.4 Å². The smallest absolute Gasteiger partial charge is 0.345 e. The van der Waals surface area contributed by atoms with Gasteiger partial charge in [0.15, 0.2) is 18.1 Å². The van der Waals surface area contributed by atoms with Crippen molar-refractivity contribution >= 4 is 34.9 Å². The molecular formula is C18H17ClN2O7. The molecule has 0 aromatic heterocycles. The molecule has 0 saturated carbocycles. The lowest BCUT2D eigenvalue weighted by Crippen LogP contribution is -2.21. The van der Waals surface area contributed by atoms with Crippen LogP contribution >= 0.6 is 11.6 Å². The first-order valence-corrected chi connectivity index (χ1v) is 8.28. The SMILES string of the molecule is COc1cc(C(=O)OCC(=O)Nc2ccc(Cl)cc2C)c([N+](=O)[O-])cc1OC. The van der Waals surface area contributed by atoms with E-state index in [0.717, 1.165) is 17.7 Å². The number of hydrogen-bond donors (Lipinski definition) is 1. The number of amides is 1. The number of nitrogens with one attached hydrogen (secondary N) is 1. The summed E-state index contributed by atoms with van der Waals surface area (Å²) in [5, 5.41) is 14.3. The molecule has 2 aromatic carbocycles. The number of methoxy groups -OCH3 is 2. The third-order valence-electron chi connectivity index (χ3n) is 3.72. The number of nitro benzene ring substituents is 1. The second kappa shape index (κ2) is 9.05. The summed E-state index contributed by atoms with van der Waals surface area (Å²) in [6.07, 6.45) is 0. The van der Waals surface area contributed by atoms with Gasteiger partial charge in [0.1, 0.15) is 5.56 Å². The van der Waals surface area contributed by atoms with Crippen LogP contribution in [0.1, 0.15) is 15.9 Å². The number of ether oxygens (including phenoxy) is 3. The van der Waals surface area contributed by atoms with E-state index in [4.69, 9.17) is 25.8 Å². The molecule has 0 radical (unpaired) electrons. The minimum Gasteiger partial charge on any atom is -0.493 e. The molecule has 0 aliphatic rings. The van der Waals surface area contributed by atoms with Crippen LogP contribution in [0.5, 0.6) is 11.5 Å². The Morgan fingerprint density at radius 3 is 2.36 bits per heavy atom. The van der Waals surface area contributed by atoms with Crippen LogP contribution in [0, 0.1) is 17.0 Å². The predicted molar refractivity (Wildman–Crippen MR) is 101 cm³/mol. The van der Waals surface area contributed by atoms with Gasteiger partial charge in [-0.2, -0.15) is 0 Å². The molecule has 2 rings (SSSR count). The zero-order valence-corrected chi connectivity index (χ0v) is 16.0.